The van der Waals surface area contributed by atoms with Crippen molar-refractivity contribution >= 4 is 17.6 Å². The van der Waals surface area contributed by atoms with Crippen LogP contribution in [0.25, 0.3) is 0 Å². The SMILES string of the molecule is N=C(N)c1ccc(CNC(=O)[C@@H]2CCN2C(=O)C2CC3CCCCC3C2)cc1. The molecule has 2 amide bonds. The molecule has 28 heavy (non-hydrogen) atoms. The third-order valence-electron chi connectivity index (χ3n) is 6.93. The van der Waals surface area contributed by atoms with E-state index in [0.29, 0.717) is 18.7 Å². The predicted molar refractivity (Wildman–Crippen MR) is 108 cm³/mol. The van der Waals surface area contributed by atoms with Crippen molar-refractivity contribution < 1.29 is 9.59 Å². The van der Waals surface area contributed by atoms with E-state index in [0.717, 1.165) is 36.7 Å². The fraction of sp³-hybridized carbons (Fsp3) is 0.591. The molecule has 2 unspecified atom stereocenters. The molecule has 150 valence electrons. The van der Waals surface area contributed by atoms with E-state index in [1.807, 2.05) is 12.1 Å². The van der Waals surface area contributed by atoms with Gasteiger partial charge in [0.15, 0.2) is 0 Å². The van der Waals surface area contributed by atoms with Crippen molar-refractivity contribution in [3.8, 4) is 0 Å². The summed E-state index contributed by atoms with van der Waals surface area (Å²) in [6.45, 7) is 1.12. The van der Waals surface area contributed by atoms with Gasteiger partial charge in [0, 0.05) is 24.6 Å². The maximum Gasteiger partial charge on any atom is 0.243 e. The second-order valence-electron chi connectivity index (χ2n) is 8.64. The summed E-state index contributed by atoms with van der Waals surface area (Å²) in [6.07, 6.45) is 7.98. The molecule has 6 nitrogen and oxygen atoms in total. The van der Waals surface area contributed by atoms with Gasteiger partial charge in [0.1, 0.15) is 11.9 Å². The van der Waals surface area contributed by atoms with Gasteiger partial charge in [-0.2, -0.15) is 0 Å². The molecule has 4 N–H and O–H groups in total. The number of hydrogen-bond acceptors (Lipinski definition) is 3. The maximum absolute atomic E-state index is 13.0. The first-order valence-corrected chi connectivity index (χ1v) is 10.5. The van der Waals surface area contributed by atoms with Gasteiger partial charge in [-0.3, -0.25) is 15.0 Å². The Morgan fingerprint density at radius 3 is 2.25 bits per heavy atom. The number of amidine groups is 1. The molecule has 1 saturated heterocycles. The molecule has 4 rings (SSSR count). The normalized spacial score (nSPS) is 28.9. The number of nitrogens with one attached hydrogen (secondary N) is 2. The quantitative estimate of drug-likeness (QED) is 0.538. The highest BCUT2D eigenvalue weighted by atomic mass is 16.2. The van der Waals surface area contributed by atoms with Crippen LogP contribution in [-0.4, -0.2) is 35.1 Å². The van der Waals surface area contributed by atoms with Gasteiger partial charge in [-0.05, 0) is 36.7 Å². The number of nitrogens with two attached hydrogens (primary N) is 1. The second-order valence-corrected chi connectivity index (χ2v) is 8.64. The van der Waals surface area contributed by atoms with Crippen molar-refractivity contribution in [2.75, 3.05) is 6.54 Å². The Hall–Kier alpha value is -2.37. The van der Waals surface area contributed by atoms with Crippen LogP contribution in [0, 0.1) is 23.2 Å². The lowest BCUT2D eigenvalue weighted by molar-refractivity contribution is -0.150. The molecule has 1 aromatic rings. The van der Waals surface area contributed by atoms with Crippen molar-refractivity contribution in [2.24, 2.45) is 23.5 Å². The van der Waals surface area contributed by atoms with Gasteiger partial charge >= 0.3 is 0 Å². The van der Waals surface area contributed by atoms with Gasteiger partial charge in [0.25, 0.3) is 0 Å². The molecule has 3 fully saturated rings. The Balaban J connectivity index is 1.29. The van der Waals surface area contributed by atoms with E-state index >= 15 is 0 Å². The molecule has 6 heteroatoms. The van der Waals surface area contributed by atoms with E-state index in [9.17, 15) is 9.59 Å². The van der Waals surface area contributed by atoms with Crippen LogP contribution in [0.3, 0.4) is 0 Å². The zero-order valence-electron chi connectivity index (χ0n) is 16.3. The fourth-order valence-electron chi connectivity index (χ4n) is 5.20. The van der Waals surface area contributed by atoms with Crippen LogP contribution < -0.4 is 11.1 Å². The van der Waals surface area contributed by atoms with Crippen molar-refractivity contribution in [3.05, 3.63) is 35.4 Å². The largest absolute Gasteiger partial charge is 0.384 e. The highest BCUT2D eigenvalue weighted by molar-refractivity contribution is 5.95. The van der Waals surface area contributed by atoms with Crippen LogP contribution >= 0.6 is 0 Å². The molecule has 1 aliphatic heterocycles. The Morgan fingerprint density at radius 2 is 1.71 bits per heavy atom. The molecule has 1 aromatic carbocycles. The number of nitrogens with zero attached hydrogens (tertiary/aromatic N) is 1. The first kappa shape index (κ1) is 19.0. The number of amides is 2. The van der Waals surface area contributed by atoms with E-state index in [4.69, 9.17) is 11.1 Å². The fourth-order valence-corrected chi connectivity index (χ4v) is 5.20. The lowest BCUT2D eigenvalue weighted by Gasteiger charge is -2.41. The molecule has 3 aliphatic rings. The summed E-state index contributed by atoms with van der Waals surface area (Å²) >= 11 is 0. The van der Waals surface area contributed by atoms with Crippen LogP contribution in [-0.2, 0) is 16.1 Å². The van der Waals surface area contributed by atoms with Crippen LogP contribution in [0.1, 0.15) is 56.1 Å². The topological polar surface area (TPSA) is 99.3 Å². The summed E-state index contributed by atoms with van der Waals surface area (Å²) < 4.78 is 0. The van der Waals surface area contributed by atoms with Gasteiger partial charge in [0.2, 0.25) is 11.8 Å². The molecule has 2 saturated carbocycles. The highest BCUT2D eigenvalue weighted by Gasteiger charge is 2.45. The molecule has 0 radical (unpaired) electrons. The summed E-state index contributed by atoms with van der Waals surface area (Å²) in [6, 6.07) is 6.97. The number of rotatable bonds is 5. The van der Waals surface area contributed by atoms with E-state index in [1.165, 1.54) is 25.7 Å². The average molecular weight is 383 g/mol. The number of nitrogen functional groups attached to an aromatic ring is 1. The first-order valence-electron chi connectivity index (χ1n) is 10.5. The lowest BCUT2D eigenvalue weighted by atomic mass is 9.82. The Morgan fingerprint density at radius 1 is 1.07 bits per heavy atom. The number of carbonyl (C=O) groups is 2. The predicted octanol–water partition coefficient (Wildman–Crippen LogP) is 2.40. The van der Waals surface area contributed by atoms with Crippen molar-refractivity contribution in [2.45, 2.75) is 57.5 Å². The van der Waals surface area contributed by atoms with E-state index in [2.05, 4.69) is 5.32 Å². The standard InChI is InChI=1S/C22H30N4O2/c23-20(24)15-7-5-14(6-8-15)13-25-21(27)19-9-10-26(19)22(28)18-11-16-3-1-2-4-17(16)12-18/h5-8,16-19H,1-4,9-13H2,(H3,23,24)(H,25,27)/t16?,17?,18?,19-/m0/s1. The average Bonchev–Trinajstić information content (AvgIpc) is 3.10. The Kier molecular flexibility index (Phi) is 5.38. The van der Waals surface area contributed by atoms with Crippen LogP contribution in [0.15, 0.2) is 24.3 Å². The van der Waals surface area contributed by atoms with Gasteiger partial charge in [-0.1, -0.05) is 49.9 Å². The third kappa shape index (κ3) is 3.77. The zero-order chi connectivity index (χ0) is 19.7. The van der Waals surface area contributed by atoms with Crippen LogP contribution in [0.4, 0.5) is 0 Å². The molecular formula is C22H30N4O2. The molecule has 1 heterocycles. The molecule has 3 atom stereocenters. The first-order chi connectivity index (χ1) is 13.5. The number of fused-ring (bicyclic) bond motifs is 1. The van der Waals surface area contributed by atoms with Crippen molar-refractivity contribution in [1.82, 2.24) is 10.2 Å². The monoisotopic (exact) mass is 382 g/mol. The molecule has 2 aliphatic carbocycles. The molecule has 0 aromatic heterocycles. The smallest absolute Gasteiger partial charge is 0.243 e. The summed E-state index contributed by atoms with van der Waals surface area (Å²) in [5, 5.41) is 10.4. The Labute approximate surface area is 166 Å². The summed E-state index contributed by atoms with van der Waals surface area (Å²) in [5.74, 6) is 1.76. The van der Waals surface area contributed by atoms with Crippen LogP contribution in [0.5, 0.6) is 0 Å². The van der Waals surface area contributed by atoms with Gasteiger partial charge in [-0.15, -0.1) is 0 Å². The maximum atomic E-state index is 13.0. The molecular weight excluding hydrogens is 352 g/mol. The van der Waals surface area contributed by atoms with Crippen LogP contribution in [0.2, 0.25) is 0 Å². The van der Waals surface area contributed by atoms with Crippen molar-refractivity contribution in [3.63, 3.8) is 0 Å². The minimum Gasteiger partial charge on any atom is -0.384 e. The number of likely N-dealkylation sites (tertiary alicyclic amines) is 1. The lowest BCUT2D eigenvalue weighted by Crippen LogP contribution is -2.59. The summed E-state index contributed by atoms with van der Waals surface area (Å²) in [4.78, 5) is 27.4. The van der Waals surface area contributed by atoms with Gasteiger partial charge in [0.05, 0.1) is 0 Å². The molecule has 0 spiro atoms. The Bertz CT molecular complexity index is 746. The minimum absolute atomic E-state index is 0.0333. The summed E-state index contributed by atoms with van der Waals surface area (Å²) in [5.41, 5.74) is 7.08. The highest BCUT2D eigenvalue weighted by Crippen LogP contribution is 2.46. The third-order valence-corrected chi connectivity index (χ3v) is 6.93. The number of hydrogen-bond donors (Lipinski definition) is 3. The van der Waals surface area contributed by atoms with Crippen molar-refractivity contribution in [1.29, 1.82) is 5.41 Å². The summed E-state index contributed by atoms with van der Waals surface area (Å²) in [7, 11) is 0. The molecule has 0 bridgehead atoms. The van der Waals surface area contributed by atoms with Gasteiger partial charge < -0.3 is 16.0 Å². The number of carbonyl (C=O) groups excluding carboxylic acids is 2. The van der Waals surface area contributed by atoms with Gasteiger partial charge in [-0.25, -0.2) is 0 Å². The van der Waals surface area contributed by atoms with E-state index in [1.54, 1.807) is 17.0 Å². The van der Waals surface area contributed by atoms with E-state index in [-0.39, 0.29) is 29.6 Å². The number of benzene rings is 1. The minimum atomic E-state index is -0.313. The zero-order valence-corrected chi connectivity index (χ0v) is 16.3. The van der Waals surface area contributed by atoms with E-state index < -0.39 is 0 Å². The second kappa shape index (κ2) is 7.94.